The Morgan fingerprint density at radius 3 is 2.67 bits per heavy atom. The molecule has 21 heavy (non-hydrogen) atoms. The zero-order valence-electron chi connectivity index (χ0n) is 11.8. The van der Waals surface area contributed by atoms with Crippen LogP contribution in [0.3, 0.4) is 0 Å². The van der Waals surface area contributed by atoms with Crippen molar-refractivity contribution in [2.75, 3.05) is 6.54 Å². The van der Waals surface area contributed by atoms with E-state index in [0.29, 0.717) is 17.5 Å². The molecule has 1 aliphatic rings. The average Bonchev–Trinajstić information content (AvgIpc) is 2.48. The summed E-state index contributed by atoms with van der Waals surface area (Å²) < 4.78 is 13.7. The smallest absolute Gasteiger partial charge is 0.254 e. The normalized spacial score (nSPS) is 16.9. The minimum atomic E-state index is -0.564. The van der Waals surface area contributed by atoms with Crippen LogP contribution >= 0.6 is 24.0 Å². The van der Waals surface area contributed by atoms with Crippen molar-refractivity contribution in [2.45, 2.75) is 38.1 Å². The predicted octanol–water partition coefficient (Wildman–Crippen LogP) is 3.54. The highest BCUT2D eigenvalue weighted by atomic mass is 35.5. The minimum absolute atomic E-state index is 0. The molecule has 1 fully saturated rings. The van der Waals surface area contributed by atoms with E-state index in [-0.39, 0.29) is 24.0 Å². The SMILES string of the molecule is Cl.NCC(NC(=O)c1cc(Cl)ccc1F)C1CCCCC1. The zero-order valence-corrected chi connectivity index (χ0v) is 13.4. The molecule has 0 radical (unpaired) electrons. The fourth-order valence-corrected chi connectivity index (χ4v) is 3.00. The van der Waals surface area contributed by atoms with Crippen LogP contribution in [0.15, 0.2) is 18.2 Å². The number of rotatable bonds is 4. The highest BCUT2D eigenvalue weighted by Crippen LogP contribution is 2.26. The molecule has 1 amide bonds. The molecule has 1 aliphatic carbocycles. The number of carbonyl (C=O) groups is 1. The van der Waals surface area contributed by atoms with Crippen LogP contribution in [0, 0.1) is 11.7 Å². The van der Waals surface area contributed by atoms with E-state index < -0.39 is 11.7 Å². The van der Waals surface area contributed by atoms with Crippen molar-refractivity contribution in [1.82, 2.24) is 5.32 Å². The van der Waals surface area contributed by atoms with Gasteiger partial charge in [-0.15, -0.1) is 12.4 Å². The molecule has 0 saturated heterocycles. The summed E-state index contributed by atoms with van der Waals surface area (Å²) in [6, 6.07) is 3.88. The summed E-state index contributed by atoms with van der Waals surface area (Å²) in [4.78, 5) is 12.2. The number of benzene rings is 1. The number of amides is 1. The van der Waals surface area contributed by atoms with Crippen LogP contribution in [-0.4, -0.2) is 18.5 Å². The number of halogens is 3. The van der Waals surface area contributed by atoms with Crippen LogP contribution in [0.5, 0.6) is 0 Å². The molecule has 0 spiro atoms. The molecule has 0 aromatic heterocycles. The summed E-state index contributed by atoms with van der Waals surface area (Å²) >= 11 is 5.81. The van der Waals surface area contributed by atoms with Gasteiger partial charge >= 0.3 is 0 Å². The van der Waals surface area contributed by atoms with Gasteiger partial charge in [0, 0.05) is 17.6 Å². The summed E-state index contributed by atoms with van der Waals surface area (Å²) in [5, 5.41) is 3.20. The van der Waals surface area contributed by atoms with Gasteiger partial charge < -0.3 is 11.1 Å². The third kappa shape index (κ3) is 4.83. The van der Waals surface area contributed by atoms with Crippen molar-refractivity contribution in [3.63, 3.8) is 0 Å². The van der Waals surface area contributed by atoms with E-state index in [1.807, 2.05) is 0 Å². The number of hydrogen-bond donors (Lipinski definition) is 2. The molecule has 1 atom stereocenters. The van der Waals surface area contributed by atoms with Gasteiger partial charge in [-0.05, 0) is 37.0 Å². The standard InChI is InChI=1S/C15H20ClFN2O.ClH/c16-11-6-7-13(17)12(8-11)15(20)19-14(9-18)10-4-2-1-3-5-10;/h6-8,10,14H,1-5,9,18H2,(H,19,20);1H. The Morgan fingerprint density at radius 1 is 1.38 bits per heavy atom. The monoisotopic (exact) mass is 334 g/mol. The predicted molar refractivity (Wildman–Crippen MR) is 85.5 cm³/mol. The van der Waals surface area contributed by atoms with Gasteiger partial charge in [0.2, 0.25) is 0 Å². The maximum Gasteiger partial charge on any atom is 0.254 e. The Morgan fingerprint density at radius 2 is 2.05 bits per heavy atom. The van der Waals surface area contributed by atoms with E-state index in [9.17, 15) is 9.18 Å². The van der Waals surface area contributed by atoms with Gasteiger partial charge in [-0.3, -0.25) is 4.79 Å². The van der Waals surface area contributed by atoms with Crippen molar-refractivity contribution in [3.05, 3.63) is 34.6 Å². The Bertz CT molecular complexity index is 479. The van der Waals surface area contributed by atoms with E-state index in [1.54, 1.807) is 0 Å². The molecule has 1 aromatic carbocycles. The van der Waals surface area contributed by atoms with E-state index in [1.165, 1.54) is 37.5 Å². The van der Waals surface area contributed by atoms with E-state index >= 15 is 0 Å². The summed E-state index contributed by atoms with van der Waals surface area (Å²) in [5.74, 6) is -0.614. The van der Waals surface area contributed by atoms with Crippen molar-refractivity contribution >= 4 is 29.9 Å². The highest BCUT2D eigenvalue weighted by Gasteiger charge is 2.25. The molecule has 6 heteroatoms. The third-order valence-electron chi connectivity index (χ3n) is 3.96. The first-order chi connectivity index (χ1) is 9.61. The molecular weight excluding hydrogens is 314 g/mol. The third-order valence-corrected chi connectivity index (χ3v) is 4.20. The molecule has 118 valence electrons. The second kappa shape index (κ2) is 8.57. The molecule has 3 nitrogen and oxygen atoms in total. The quantitative estimate of drug-likeness (QED) is 0.884. The van der Waals surface area contributed by atoms with E-state index in [0.717, 1.165) is 12.8 Å². The first kappa shape index (κ1) is 18.2. The van der Waals surface area contributed by atoms with Gasteiger partial charge in [-0.25, -0.2) is 4.39 Å². The molecule has 1 saturated carbocycles. The summed E-state index contributed by atoms with van der Waals surface area (Å²) in [6.07, 6.45) is 5.72. The number of carbonyl (C=O) groups excluding carboxylic acids is 1. The van der Waals surface area contributed by atoms with E-state index in [2.05, 4.69) is 5.32 Å². The van der Waals surface area contributed by atoms with E-state index in [4.69, 9.17) is 17.3 Å². The summed E-state index contributed by atoms with van der Waals surface area (Å²) in [7, 11) is 0. The molecule has 3 N–H and O–H groups in total. The summed E-state index contributed by atoms with van der Waals surface area (Å²) in [5.41, 5.74) is 5.74. The number of hydrogen-bond acceptors (Lipinski definition) is 2. The molecule has 1 aromatic rings. The highest BCUT2D eigenvalue weighted by molar-refractivity contribution is 6.31. The molecular formula is C15H21Cl2FN2O. The second-order valence-electron chi connectivity index (χ2n) is 5.34. The topological polar surface area (TPSA) is 55.1 Å². The van der Waals surface area contributed by atoms with Gasteiger partial charge in [-0.2, -0.15) is 0 Å². The molecule has 0 bridgehead atoms. The first-order valence-electron chi connectivity index (χ1n) is 7.08. The van der Waals surface area contributed by atoms with Crippen LogP contribution in [0.2, 0.25) is 5.02 Å². The molecule has 0 aliphatic heterocycles. The lowest BCUT2D eigenvalue weighted by molar-refractivity contribution is 0.0911. The maximum absolute atomic E-state index is 13.7. The van der Waals surface area contributed by atoms with Crippen molar-refractivity contribution in [1.29, 1.82) is 0 Å². The van der Waals surface area contributed by atoms with Crippen LogP contribution in [0.4, 0.5) is 4.39 Å². The summed E-state index contributed by atoms with van der Waals surface area (Å²) in [6.45, 7) is 0.374. The maximum atomic E-state index is 13.7. The van der Waals surface area contributed by atoms with Gasteiger partial charge in [-0.1, -0.05) is 30.9 Å². The molecule has 0 heterocycles. The average molecular weight is 335 g/mol. The largest absolute Gasteiger partial charge is 0.348 e. The van der Waals surface area contributed by atoms with Gasteiger partial charge in [0.25, 0.3) is 5.91 Å². The number of nitrogens with one attached hydrogen (secondary N) is 1. The Balaban J connectivity index is 0.00000220. The minimum Gasteiger partial charge on any atom is -0.348 e. The van der Waals surface area contributed by atoms with Crippen molar-refractivity contribution in [2.24, 2.45) is 11.7 Å². The lowest BCUT2D eigenvalue weighted by Gasteiger charge is -2.30. The van der Waals surface area contributed by atoms with Gasteiger partial charge in [0.1, 0.15) is 5.82 Å². The fourth-order valence-electron chi connectivity index (χ4n) is 2.82. The van der Waals surface area contributed by atoms with Crippen LogP contribution in [-0.2, 0) is 0 Å². The molecule has 2 rings (SSSR count). The Kier molecular flexibility index (Phi) is 7.43. The van der Waals surface area contributed by atoms with Crippen LogP contribution < -0.4 is 11.1 Å². The van der Waals surface area contributed by atoms with Crippen LogP contribution in [0.25, 0.3) is 0 Å². The van der Waals surface area contributed by atoms with Crippen molar-refractivity contribution < 1.29 is 9.18 Å². The number of nitrogens with two attached hydrogens (primary N) is 1. The van der Waals surface area contributed by atoms with Gasteiger partial charge in [0.05, 0.1) is 5.56 Å². The van der Waals surface area contributed by atoms with Crippen LogP contribution in [0.1, 0.15) is 42.5 Å². The van der Waals surface area contributed by atoms with Gasteiger partial charge in [0.15, 0.2) is 0 Å². The lowest BCUT2D eigenvalue weighted by atomic mass is 9.84. The molecule has 1 unspecified atom stereocenters. The Labute approximate surface area is 135 Å². The first-order valence-corrected chi connectivity index (χ1v) is 7.45. The zero-order chi connectivity index (χ0) is 14.5. The lowest BCUT2D eigenvalue weighted by Crippen LogP contribution is -2.46. The van der Waals surface area contributed by atoms with Crippen molar-refractivity contribution in [3.8, 4) is 0 Å². The second-order valence-corrected chi connectivity index (χ2v) is 5.77. The fraction of sp³-hybridized carbons (Fsp3) is 0.533. The Hall–Kier alpha value is -0.840.